The predicted molar refractivity (Wildman–Crippen MR) is 98.8 cm³/mol. The molecular weight excluding hydrogens is 348 g/mol. The van der Waals surface area contributed by atoms with Crippen molar-refractivity contribution in [2.24, 2.45) is 11.6 Å². The second kappa shape index (κ2) is 10.0. The molecule has 0 saturated heterocycles. The standard InChI is InChI=1S/C19H22N4O4/c20-16(11-14-7-3-1-4-8-14)18(25)23(21)17(24)12-22-19(26)27-13-15-9-5-2-6-10-15/h1-10,16H,11-13,20-21H2,(H,22,26)/t16-/m0/s1. The van der Waals surface area contributed by atoms with Crippen LogP contribution in [-0.4, -0.2) is 35.5 Å². The Hall–Kier alpha value is -3.23. The highest BCUT2D eigenvalue weighted by atomic mass is 16.5. The largest absolute Gasteiger partial charge is 0.445 e. The van der Waals surface area contributed by atoms with E-state index in [9.17, 15) is 14.4 Å². The Morgan fingerprint density at radius 2 is 1.52 bits per heavy atom. The van der Waals surface area contributed by atoms with E-state index in [1.165, 1.54) is 0 Å². The van der Waals surface area contributed by atoms with Crippen molar-refractivity contribution in [2.75, 3.05) is 6.54 Å². The summed E-state index contributed by atoms with van der Waals surface area (Å²) in [6.45, 7) is -0.415. The van der Waals surface area contributed by atoms with E-state index in [0.717, 1.165) is 11.1 Å². The molecule has 0 aromatic heterocycles. The molecule has 0 heterocycles. The number of amides is 3. The summed E-state index contributed by atoms with van der Waals surface area (Å²) in [4.78, 5) is 35.8. The molecule has 8 nitrogen and oxygen atoms in total. The Bertz CT molecular complexity index is 768. The van der Waals surface area contributed by atoms with E-state index in [1.54, 1.807) is 12.1 Å². The summed E-state index contributed by atoms with van der Waals surface area (Å²) in [6, 6.07) is 17.2. The number of benzene rings is 2. The second-order valence-electron chi connectivity index (χ2n) is 5.81. The summed E-state index contributed by atoms with van der Waals surface area (Å²) < 4.78 is 4.97. The topological polar surface area (TPSA) is 128 Å². The zero-order valence-corrected chi connectivity index (χ0v) is 14.7. The monoisotopic (exact) mass is 370 g/mol. The van der Waals surface area contributed by atoms with Crippen molar-refractivity contribution in [3.8, 4) is 0 Å². The van der Waals surface area contributed by atoms with Crippen LogP contribution in [-0.2, 0) is 27.4 Å². The number of ether oxygens (including phenoxy) is 1. The van der Waals surface area contributed by atoms with Gasteiger partial charge in [-0.15, -0.1) is 0 Å². The molecule has 0 spiro atoms. The lowest BCUT2D eigenvalue weighted by atomic mass is 10.1. The summed E-state index contributed by atoms with van der Waals surface area (Å²) in [6.07, 6.45) is -0.547. The first-order valence-electron chi connectivity index (χ1n) is 8.33. The van der Waals surface area contributed by atoms with Crippen LogP contribution in [0, 0.1) is 0 Å². The van der Waals surface area contributed by atoms with E-state index in [0.29, 0.717) is 5.01 Å². The molecule has 2 aromatic carbocycles. The Kier molecular flexibility index (Phi) is 7.48. The number of alkyl carbamates (subject to hydrolysis) is 1. The zero-order valence-electron chi connectivity index (χ0n) is 14.7. The van der Waals surface area contributed by atoms with Crippen LogP contribution in [0.3, 0.4) is 0 Å². The number of rotatable bonds is 7. The summed E-state index contributed by atoms with van der Waals surface area (Å²) in [5, 5.41) is 2.67. The van der Waals surface area contributed by atoms with Gasteiger partial charge in [0.2, 0.25) is 0 Å². The molecule has 27 heavy (non-hydrogen) atoms. The molecular formula is C19H22N4O4. The number of hydrogen-bond donors (Lipinski definition) is 3. The van der Waals surface area contributed by atoms with Crippen LogP contribution >= 0.6 is 0 Å². The Morgan fingerprint density at radius 3 is 2.11 bits per heavy atom. The maximum Gasteiger partial charge on any atom is 0.407 e. The fraction of sp³-hybridized carbons (Fsp3) is 0.211. The maximum absolute atomic E-state index is 12.2. The van der Waals surface area contributed by atoms with Crippen LogP contribution in [0.2, 0.25) is 0 Å². The van der Waals surface area contributed by atoms with Crippen molar-refractivity contribution in [3.05, 3.63) is 71.8 Å². The van der Waals surface area contributed by atoms with Gasteiger partial charge in [0, 0.05) is 0 Å². The highest BCUT2D eigenvalue weighted by Gasteiger charge is 2.24. The number of nitrogens with zero attached hydrogens (tertiary/aromatic N) is 1. The molecule has 0 radical (unpaired) electrons. The molecule has 0 unspecified atom stereocenters. The van der Waals surface area contributed by atoms with Gasteiger partial charge in [-0.05, 0) is 17.5 Å². The number of imide groups is 1. The number of nitrogens with one attached hydrogen (secondary N) is 1. The summed E-state index contributed by atoms with van der Waals surface area (Å²) in [5.41, 5.74) is 7.48. The minimum atomic E-state index is -0.966. The summed E-state index contributed by atoms with van der Waals surface area (Å²) >= 11 is 0. The number of hydrazine groups is 1. The third-order valence-electron chi connectivity index (χ3n) is 3.72. The van der Waals surface area contributed by atoms with Crippen molar-refractivity contribution in [3.63, 3.8) is 0 Å². The smallest absolute Gasteiger partial charge is 0.407 e. The average molecular weight is 370 g/mol. The number of nitrogens with two attached hydrogens (primary N) is 2. The van der Waals surface area contributed by atoms with Gasteiger partial charge in [-0.2, -0.15) is 0 Å². The van der Waals surface area contributed by atoms with E-state index >= 15 is 0 Å². The molecule has 2 aromatic rings. The molecule has 0 bridgehead atoms. The number of carbonyl (C=O) groups is 3. The van der Waals surface area contributed by atoms with Crippen molar-refractivity contribution >= 4 is 17.9 Å². The fourth-order valence-corrected chi connectivity index (χ4v) is 2.26. The van der Waals surface area contributed by atoms with Gasteiger partial charge in [0.25, 0.3) is 11.8 Å². The van der Waals surface area contributed by atoms with Crippen LogP contribution in [0.5, 0.6) is 0 Å². The van der Waals surface area contributed by atoms with Crippen LogP contribution in [0.15, 0.2) is 60.7 Å². The Morgan fingerprint density at radius 1 is 0.963 bits per heavy atom. The Balaban J connectivity index is 1.75. The highest BCUT2D eigenvalue weighted by molar-refractivity contribution is 5.98. The SMILES string of the molecule is N[C@@H](Cc1ccccc1)C(=O)N(N)C(=O)CNC(=O)OCc1ccccc1. The number of carbonyl (C=O) groups excluding carboxylic acids is 3. The first-order chi connectivity index (χ1) is 13.0. The van der Waals surface area contributed by atoms with Gasteiger partial charge >= 0.3 is 6.09 Å². The van der Waals surface area contributed by atoms with Crippen molar-refractivity contribution in [1.29, 1.82) is 0 Å². The Labute approximate surface area is 157 Å². The first-order valence-corrected chi connectivity index (χ1v) is 8.33. The highest BCUT2D eigenvalue weighted by Crippen LogP contribution is 2.03. The lowest BCUT2D eigenvalue weighted by molar-refractivity contribution is -0.145. The third kappa shape index (κ3) is 6.53. The van der Waals surface area contributed by atoms with E-state index in [2.05, 4.69) is 5.32 Å². The van der Waals surface area contributed by atoms with Crippen LogP contribution in [0.1, 0.15) is 11.1 Å². The zero-order chi connectivity index (χ0) is 19.6. The first kappa shape index (κ1) is 20.1. The molecule has 5 N–H and O–H groups in total. The molecule has 8 heteroatoms. The molecule has 0 fully saturated rings. The van der Waals surface area contributed by atoms with Crippen LogP contribution in [0.25, 0.3) is 0 Å². The average Bonchev–Trinajstić information content (AvgIpc) is 2.70. The van der Waals surface area contributed by atoms with E-state index < -0.39 is 30.5 Å². The molecule has 0 aliphatic carbocycles. The second-order valence-corrected chi connectivity index (χ2v) is 5.81. The third-order valence-corrected chi connectivity index (χ3v) is 3.72. The molecule has 0 aliphatic rings. The summed E-state index contributed by atoms with van der Waals surface area (Å²) in [7, 11) is 0. The quantitative estimate of drug-likeness (QED) is 0.374. The van der Waals surface area contributed by atoms with Gasteiger partial charge in [-0.3, -0.25) is 9.59 Å². The van der Waals surface area contributed by atoms with Crippen molar-refractivity contribution in [1.82, 2.24) is 10.3 Å². The molecule has 1 atom stereocenters. The lowest BCUT2D eigenvalue weighted by Gasteiger charge is -2.19. The van der Waals surface area contributed by atoms with E-state index in [4.69, 9.17) is 16.3 Å². The lowest BCUT2D eigenvalue weighted by Crippen LogP contribution is -2.54. The molecule has 2 rings (SSSR count). The van der Waals surface area contributed by atoms with Gasteiger partial charge in [0.1, 0.15) is 13.2 Å². The predicted octanol–water partition coefficient (Wildman–Crippen LogP) is 0.712. The number of hydrogen-bond acceptors (Lipinski definition) is 6. The molecule has 3 amide bonds. The van der Waals surface area contributed by atoms with Crippen molar-refractivity contribution in [2.45, 2.75) is 19.1 Å². The fourth-order valence-electron chi connectivity index (χ4n) is 2.26. The van der Waals surface area contributed by atoms with Crippen LogP contribution < -0.4 is 16.9 Å². The molecule has 0 aliphatic heterocycles. The van der Waals surface area contributed by atoms with Crippen molar-refractivity contribution < 1.29 is 19.1 Å². The summed E-state index contributed by atoms with van der Waals surface area (Å²) in [5.74, 6) is 4.00. The van der Waals surface area contributed by atoms with Crippen LogP contribution in [0.4, 0.5) is 4.79 Å². The maximum atomic E-state index is 12.2. The molecule has 0 saturated carbocycles. The minimum Gasteiger partial charge on any atom is -0.445 e. The molecule has 142 valence electrons. The van der Waals surface area contributed by atoms with Gasteiger partial charge in [0.05, 0.1) is 6.04 Å². The minimum absolute atomic E-state index is 0.0636. The van der Waals surface area contributed by atoms with E-state index in [1.807, 2.05) is 48.5 Å². The normalized spacial score (nSPS) is 11.3. The van der Waals surface area contributed by atoms with E-state index in [-0.39, 0.29) is 13.0 Å². The van der Waals surface area contributed by atoms with Gasteiger partial charge in [-0.1, -0.05) is 60.7 Å². The van der Waals surface area contributed by atoms with Gasteiger partial charge in [0.15, 0.2) is 0 Å². The van der Waals surface area contributed by atoms with Gasteiger partial charge < -0.3 is 15.8 Å². The van der Waals surface area contributed by atoms with Gasteiger partial charge in [-0.25, -0.2) is 15.6 Å².